The van der Waals surface area contributed by atoms with Crippen LogP contribution in [0.25, 0.3) is 5.57 Å². The van der Waals surface area contributed by atoms with Crippen LogP contribution in [0.5, 0.6) is 0 Å². The molecule has 0 aromatic heterocycles. The SMILES string of the molecule is CC(=O)C1=C(c2ccccc2)c2ccccc2C12SCCS2. The van der Waals surface area contributed by atoms with Crippen molar-refractivity contribution in [2.24, 2.45) is 0 Å². The van der Waals surface area contributed by atoms with Crippen LogP contribution in [-0.4, -0.2) is 17.3 Å². The quantitative estimate of drug-likeness (QED) is 0.795. The first kappa shape index (κ1) is 14.2. The summed E-state index contributed by atoms with van der Waals surface area (Å²) in [6.07, 6.45) is 0. The highest BCUT2D eigenvalue weighted by Crippen LogP contribution is 2.63. The molecule has 3 heteroatoms. The molecule has 110 valence electrons. The number of thioether (sulfide) groups is 2. The number of rotatable bonds is 2. The first-order valence-corrected chi connectivity index (χ1v) is 9.40. The molecular formula is C19H16OS2. The Morgan fingerprint density at radius 1 is 0.955 bits per heavy atom. The lowest BCUT2D eigenvalue weighted by atomic mass is 9.96. The van der Waals surface area contributed by atoms with E-state index in [1.54, 1.807) is 6.92 Å². The van der Waals surface area contributed by atoms with Gasteiger partial charge in [-0.25, -0.2) is 0 Å². The van der Waals surface area contributed by atoms with Crippen molar-refractivity contribution in [3.8, 4) is 0 Å². The lowest BCUT2D eigenvalue weighted by molar-refractivity contribution is -0.113. The molecule has 1 heterocycles. The first-order chi connectivity index (χ1) is 10.7. The van der Waals surface area contributed by atoms with Crippen LogP contribution in [0.15, 0.2) is 60.2 Å². The van der Waals surface area contributed by atoms with Crippen molar-refractivity contribution in [3.63, 3.8) is 0 Å². The van der Waals surface area contributed by atoms with E-state index in [1.807, 2.05) is 41.7 Å². The van der Waals surface area contributed by atoms with Crippen molar-refractivity contribution in [2.75, 3.05) is 11.5 Å². The van der Waals surface area contributed by atoms with Gasteiger partial charge in [-0.05, 0) is 29.2 Å². The zero-order valence-electron chi connectivity index (χ0n) is 12.3. The van der Waals surface area contributed by atoms with Crippen LogP contribution >= 0.6 is 23.5 Å². The summed E-state index contributed by atoms with van der Waals surface area (Å²) in [7, 11) is 0. The van der Waals surface area contributed by atoms with Crippen molar-refractivity contribution in [1.29, 1.82) is 0 Å². The fourth-order valence-corrected chi connectivity index (χ4v) is 6.97. The van der Waals surface area contributed by atoms with Gasteiger partial charge in [0.25, 0.3) is 0 Å². The molecule has 0 unspecified atom stereocenters. The molecule has 0 radical (unpaired) electrons. The maximum absolute atomic E-state index is 12.6. The highest BCUT2D eigenvalue weighted by Gasteiger charge is 2.50. The Balaban J connectivity index is 2.06. The number of benzene rings is 2. The predicted octanol–water partition coefficient (Wildman–Crippen LogP) is 4.72. The Hall–Kier alpha value is -1.45. The Kier molecular flexibility index (Phi) is 3.43. The first-order valence-electron chi connectivity index (χ1n) is 7.43. The van der Waals surface area contributed by atoms with E-state index >= 15 is 0 Å². The van der Waals surface area contributed by atoms with Crippen LogP contribution in [0.2, 0.25) is 0 Å². The Bertz CT molecular complexity index is 771. The number of fused-ring (bicyclic) bond motifs is 2. The molecule has 1 nitrogen and oxygen atoms in total. The van der Waals surface area contributed by atoms with Crippen molar-refractivity contribution in [3.05, 3.63) is 76.9 Å². The van der Waals surface area contributed by atoms with Crippen LogP contribution in [0.4, 0.5) is 0 Å². The Labute approximate surface area is 139 Å². The number of hydrogen-bond acceptors (Lipinski definition) is 3. The minimum absolute atomic E-state index is 0.192. The summed E-state index contributed by atoms with van der Waals surface area (Å²) < 4.78 is -0.201. The third kappa shape index (κ3) is 1.92. The third-order valence-electron chi connectivity index (χ3n) is 4.24. The molecule has 1 aliphatic heterocycles. The minimum atomic E-state index is -0.201. The standard InChI is InChI=1S/C19H16OS2/c1-13(20)18-17(14-7-3-2-4-8-14)15-9-5-6-10-16(15)19(18)21-11-12-22-19/h2-10H,11-12H2,1H3. The second-order valence-corrected chi connectivity index (χ2v) is 8.41. The molecule has 1 fully saturated rings. The smallest absolute Gasteiger partial charge is 0.159 e. The molecular weight excluding hydrogens is 308 g/mol. The predicted molar refractivity (Wildman–Crippen MR) is 96.2 cm³/mol. The molecule has 0 amide bonds. The largest absolute Gasteiger partial charge is 0.295 e. The lowest BCUT2D eigenvalue weighted by Crippen LogP contribution is -2.19. The van der Waals surface area contributed by atoms with Gasteiger partial charge in [0.15, 0.2) is 5.78 Å². The summed E-state index contributed by atoms with van der Waals surface area (Å²) in [5.74, 6) is 2.38. The van der Waals surface area contributed by atoms with Crippen LogP contribution in [-0.2, 0) is 8.87 Å². The van der Waals surface area contributed by atoms with Crippen molar-refractivity contribution < 1.29 is 4.79 Å². The third-order valence-corrected chi connectivity index (χ3v) is 7.68. The maximum atomic E-state index is 12.6. The van der Waals surface area contributed by atoms with E-state index in [4.69, 9.17) is 0 Å². The fourth-order valence-electron chi connectivity index (χ4n) is 3.45. The van der Waals surface area contributed by atoms with Crippen molar-refractivity contribution in [1.82, 2.24) is 0 Å². The minimum Gasteiger partial charge on any atom is -0.295 e. The molecule has 0 saturated carbocycles. The summed E-state index contributed by atoms with van der Waals surface area (Å²) >= 11 is 3.83. The van der Waals surface area contributed by atoms with Crippen LogP contribution < -0.4 is 0 Å². The van der Waals surface area contributed by atoms with Gasteiger partial charge in [0.2, 0.25) is 0 Å². The van der Waals surface area contributed by atoms with Crippen LogP contribution in [0.1, 0.15) is 23.6 Å². The number of carbonyl (C=O) groups is 1. The summed E-state index contributed by atoms with van der Waals surface area (Å²) in [6.45, 7) is 1.71. The highest BCUT2D eigenvalue weighted by molar-refractivity contribution is 8.21. The van der Waals surface area contributed by atoms with Crippen molar-refractivity contribution >= 4 is 34.9 Å². The molecule has 1 aliphatic carbocycles. The molecule has 2 aromatic carbocycles. The summed E-state index contributed by atoms with van der Waals surface area (Å²) in [6, 6.07) is 18.8. The molecule has 4 rings (SSSR count). The monoisotopic (exact) mass is 324 g/mol. The number of ketones is 1. The van der Waals surface area contributed by atoms with E-state index in [0.29, 0.717) is 0 Å². The van der Waals surface area contributed by atoms with Gasteiger partial charge in [0.1, 0.15) is 4.08 Å². The topological polar surface area (TPSA) is 17.1 Å². The molecule has 2 aliphatic rings. The summed E-state index contributed by atoms with van der Waals surface area (Å²) in [5.41, 5.74) is 5.77. The van der Waals surface area contributed by atoms with E-state index < -0.39 is 0 Å². The number of Topliss-reactive ketones (excluding diaryl/α,β-unsaturated/α-hetero) is 1. The van der Waals surface area contributed by atoms with E-state index in [9.17, 15) is 4.79 Å². The molecule has 0 bridgehead atoms. The van der Waals surface area contributed by atoms with E-state index in [2.05, 4.69) is 36.4 Å². The lowest BCUT2D eigenvalue weighted by Gasteiger charge is -2.25. The molecule has 0 atom stereocenters. The Morgan fingerprint density at radius 3 is 2.27 bits per heavy atom. The van der Waals surface area contributed by atoms with Gasteiger partial charge in [0, 0.05) is 17.1 Å². The molecule has 1 spiro atoms. The van der Waals surface area contributed by atoms with Crippen molar-refractivity contribution in [2.45, 2.75) is 11.0 Å². The fraction of sp³-hybridized carbons (Fsp3) is 0.211. The normalized spacial score (nSPS) is 18.8. The van der Waals surface area contributed by atoms with Gasteiger partial charge in [-0.2, -0.15) is 0 Å². The van der Waals surface area contributed by atoms with E-state index in [-0.39, 0.29) is 9.86 Å². The van der Waals surface area contributed by atoms with Gasteiger partial charge in [-0.15, -0.1) is 23.5 Å². The average Bonchev–Trinajstić information content (AvgIpc) is 3.13. The second-order valence-electron chi connectivity index (χ2n) is 5.53. The van der Waals surface area contributed by atoms with E-state index in [1.165, 1.54) is 11.1 Å². The number of hydrogen-bond donors (Lipinski definition) is 0. The zero-order valence-corrected chi connectivity index (χ0v) is 14.0. The Morgan fingerprint density at radius 2 is 1.59 bits per heavy atom. The van der Waals surface area contributed by atoms with Crippen LogP contribution in [0, 0.1) is 0 Å². The van der Waals surface area contributed by atoms with Gasteiger partial charge >= 0.3 is 0 Å². The highest BCUT2D eigenvalue weighted by atomic mass is 32.2. The van der Waals surface area contributed by atoms with E-state index in [0.717, 1.165) is 28.2 Å². The van der Waals surface area contributed by atoms with Gasteiger partial charge < -0.3 is 0 Å². The average molecular weight is 324 g/mol. The zero-order chi connectivity index (χ0) is 15.2. The molecule has 1 saturated heterocycles. The maximum Gasteiger partial charge on any atom is 0.159 e. The summed E-state index contributed by atoms with van der Waals surface area (Å²) in [4.78, 5) is 12.6. The van der Waals surface area contributed by atoms with Gasteiger partial charge in [0.05, 0.1) is 0 Å². The summed E-state index contributed by atoms with van der Waals surface area (Å²) in [5, 5.41) is 0. The number of carbonyl (C=O) groups excluding carboxylic acids is 1. The molecule has 2 aromatic rings. The van der Waals surface area contributed by atoms with Gasteiger partial charge in [-0.3, -0.25) is 4.79 Å². The second kappa shape index (κ2) is 5.32. The van der Waals surface area contributed by atoms with Gasteiger partial charge in [-0.1, -0.05) is 54.6 Å². The molecule has 22 heavy (non-hydrogen) atoms. The molecule has 0 N–H and O–H groups in total. The van der Waals surface area contributed by atoms with Crippen LogP contribution in [0.3, 0.4) is 0 Å².